The van der Waals surface area contributed by atoms with E-state index < -0.39 is 0 Å². The number of nitrogens with one attached hydrogen (secondary N) is 1. The highest BCUT2D eigenvalue weighted by Gasteiger charge is 2.08. The molecule has 0 heterocycles. The Hall–Kier alpha value is -1.71. The van der Waals surface area contributed by atoms with Gasteiger partial charge >= 0.3 is 0 Å². The predicted molar refractivity (Wildman–Crippen MR) is 83.1 cm³/mol. The van der Waals surface area contributed by atoms with E-state index in [4.69, 9.17) is 10.5 Å². The summed E-state index contributed by atoms with van der Waals surface area (Å²) in [5.74, 6) is 0.467. The molecule has 3 N–H and O–H groups in total. The number of carbonyl (C=O) groups excluding carboxylic acids is 1. The number of rotatable bonds is 9. The van der Waals surface area contributed by atoms with E-state index in [-0.39, 0.29) is 5.91 Å². The molecule has 0 saturated carbocycles. The first-order chi connectivity index (χ1) is 9.69. The van der Waals surface area contributed by atoms with Crippen LogP contribution in [0.5, 0.6) is 5.75 Å². The van der Waals surface area contributed by atoms with Crippen LogP contribution in [0.2, 0.25) is 0 Å². The van der Waals surface area contributed by atoms with E-state index in [1.807, 2.05) is 0 Å². The third-order valence-electron chi connectivity index (χ3n) is 3.31. The molecular weight excluding hydrogens is 252 g/mol. The van der Waals surface area contributed by atoms with Gasteiger partial charge in [-0.3, -0.25) is 4.79 Å². The summed E-state index contributed by atoms with van der Waals surface area (Å²) in [6.45, 7) is 2.93. The Bertz CT molecular complexity index is 419. The van der Waals surface area contributed by atoms with Crippen molar-refractivity contribution in [2.24, 2.45) is 0 Å². The van der Waals surface area contributed by atoms with Crippen LogP contribution >= 0.6 is 0 Å². The lowest BCUT2D eigenvalue weighted by molar-refractivity contribution is 0.0952. The number of anilines is 1. The van der Waals surface area contributed by atoms with E-state index in [1.54, 1.807) is 25.3 Å². The second-order valence-electron chi connectivity index (χ2n) is 4.98. The molecule has 1 rings (SSSR count). The van der Waals surface area contributed by atoms with Crippen molar-refractivity contribution in [3.05, 3.63) is 23.8 Å². The SMILES string of the molecule is CCCCCCCCNC(=O)c1ccc(N)c(OC)c1. The first kappa shape index (κ1) is 16.3. The standard InChI is InChI=1S/C16H26N2O2/c1-3-4-5-6-7-8-11-18-16(19)13-9-10-14(17)15(12-13)20-2/h9-10,12H,3-8,11,17H2,1-2H3,(H,18,19). The van der Waals surface area contributed by atoms with Crippen LogP contribution in [-0.2, 0) is 0 Å². The summed E-state index contributed by atoms with van der Waals surface area (Å²) in [5, 5.41) is 2.93. The van der Waals surface area contributed by atoms with E-state index in [2.05, 4.69) is 12.2 Å². The Labute approximate surface area is 121 Å². The molecule has 0 aliphatic carbocycles. The number of carbonyl (C=O) groups is 1. The van der Waals surface area contributed by atoms with E-state index in [9.17, 15) is 4.79 Å². The molecule has 1 amide bonds. The zero-order valence-corrected chi connectivity index (χ0v) is 12.6. The van der Waals surface area contributed by atoms with Gasteiger partial charge in [0.15, 0.2) is 0 Å². The van der Waals surface area contributed by atoms with Crippen LogP contribution in [0, 0.1) is 0 Å². The third kappa shape index (κ3) is 5.51. The maximum atomic E-state index is 12.0. The Balaban J connectivity index is 2.29. The Kier molecular flexibility index (Phi) is 7.55. The fraction of sp³-hybridized carbons (Fsp3) is 0.562. The van der Waals surface area contributed by atoms with Gasteiger partial charge in [-0.15, -0.1) is 0 Å². The molecular formula is C16H26N2O2. The maximum absolute atomic E-state index is 12.0. The van der Waals surface area contributed by atoms with Crippen LogP contribution in [0.25, 0.3) is 0 Å². The van der Waals surface area contributed by atoms with Gasteiger partial charge in [0, 0.05) is 12.1 Å². The van der Waals surface area contributed by atoms with E-state index in [1.165, 1.54) is 32.1 Å². The average molecular weight is 278 g/mol. The number of methoxy groups -OCH3 is 1. The van der Waals surface area contributed by atoms with Gasteiger partial charge in [-0.1, -0.05) is 39.0 Å². The van der Waals surface area contributed by atoms with Crippen LogP contribution in [0.15, 0.2) is 18.2 Å². The van der Waals surface area contributed by atoms with Crippen LogP contribution < -0.4 is 15.8 Å². The fourth-order valence-corrected chi connectivity index (χ4v) is 2.06. The highest BCUT2D eigenvalue weighted by molar-refractivity contribution is 5.95. The second-order valence-corrected chi connectivity index (χ2v) is 4.98. The van der Waals surface area contributed by atoms with Gasteiger partial charge in [-0.2, -0.15) is 0 Å². The summed E-state index contributed by atoms with van der Waals surface area (Å²) in [5.41, 5.74) is 6.85. The molecule has 20 heavy (non-hydrogen) atoms. The van der Waals surface area contributed by atoms with Gasteiger partial charge in [0.2, 0.25) is 0 Å². The number of nitrogen functional groups attached to an aromatic ring is 1. The van der Waals surface area contributed by atoms with Gasteiger partial charge in [0.05, 0.1) is 12.8 Å². The molecule has 1 aromatic carbocycles. The van der Waals surface area contributed by atoms with Gasteiger partial charge in [-0.25, -0.2) is 0 Å². The normalized spacial score (nSPS) is 10.3. The van der Waals surface area contributed by atoms with E-state index in [0.29, 0.717) is 17.0 Å². The average Bonchev–Trinajstić information content (AvgIpc) is 2.46. The lowest BCUT2D eigenvalue weighted by Crippen LogP contribution is -2.24. The molecule has 0 aliphatic heterocycles. The first-order valence-electron chi connectivity index (χ1n) is 7.40. The van der Waals surface area contributed by atoms with E-state index >= 15 is 0 Å². The molecule has 4 heteroatoms. The molecule has 0 atom stereocenters. The number of hydrogen-bond acceptors (Lipinski definition) is 3. The summed E-state index contributed by atoms with van der Waals surface area (Å²) in [6.07, 6.45) is 7.30. The minimum atomic E-state index is -0.0724. The van der Waals surface area contributed by atoms with Crippen molar-refractivity contribution in [1.29, 1.82) is 0 Å². The molecule has 4 nitrogen and oxygen atoms in total. The summed E-state index contributed by atoms with van der Waals surface area (Å²) >= 11 is 0. The van der Waals surface area contributed by atoms with Gasteiger partial charge in [0.25, 0.3) is 5.91 Å². The largest absolute Gasteiger partial charge is 0.495 e. The van der Waals surface area contributed by atoms with Crippen molar-refractivity contribution in [1.82, 2.24) is 5.32 Å². The second kappa shape index (κ2) is 9.23. The van der Waals surface area contributed by atoms with Gasteiger partial charge in [0.1, 0.15) is 5.75 Å². The quantitative estimate of drug-likeness (QED) is 0.537. The third-order valence-corrected chi connectivity index (χ3v) is 3.31. The molecule has 0 saturated heterocycles. The fourth-order valence-electron chi connectivity index (χ4n) is 2.06. The maximum Gasteiger partial charge on any atom is 0.251 e. The summed E-state index contributed by atoms with van der Waals surface area (Å²) in [7, 11) is 1.55. The molecule has 0 spiro atoms. The number of amides is 1. The van der Waals surface area contributed by atoms with Gasteiger partial charge in [-0.05, 0) is 24.6 Å². The van der Waals surface area contributed by atoms with Gasteiger partial charge < -0.3 is 15.8 Å². The van der Waals surface area contributed by atoms with Crippen LogP contribution in [0.4, 0.5) is 5.69 Å². The first-order valence-corrected chi connectivity index (χ1v) is 7.40. The van der Waals surface area contributed by atoms with Crippen LogP contribution in [-0.4, -0.2) is 19.6 Å². The number of benzene rings is 1. The molecule has 112 valence electrons. The van der Waals surface area contributed by atoms with Crippen molar-refractivity contribution in [3.63, 3.8) is 0 Å². The predicted octanol–water partition coefficient (Wildman–Crippen LogP) is 3.37. The highest BCUT2D eigenvalue weighted by Crippen LogP contribution is 2.21. The lowest BCUT2D eigenvalue weighted by atomic mass is 10.1. The topological polar surface area (TPSA) is 64.4 Å². The minimum absolute atomic E-state index is 0.0724. The minimum Gasteiger partial charge on any atom is -0.495 e. The summed E-state index contributed by atoms with van der Waals surface area (Å²) in [6, 6.07) is 5.08. The molecule has 0 unspecified atom stereocenters. The van der Waals surface area contributed by atoms with E-state index in [0.717, 1.165) is 13.0 Å². The number of ether oxygens (including phenoxy) is 1. The van der Waals surface area contributed by atoms with Crippen molar-refractivity contribution in [2.75, 3.05) is 19.4 Å². The van der Waals surface area contributed by atoms with Crippen LogP contribution in [0.3, 0.4) is 0 Å². The smallest absolute Gasteiger partial charge is 0.251 e. The number of hydrogen-bond donors (Lipinski definition) is 2. The van der Waals surface area contributed by atoms with Crippen molar-refractivity contribution in [2.45, 2.75) is 45.4 Å². The van der Waals surface area contributed by atoms with Crippen molar-refractivity contribution in [3.8, 4) is 5.75 Å². The van der Waals surface area contributed by atoms with Crippen molar-refractivity contribution >= 4 is 11.6 Å². The zero-order chi connectivity index (χ0) is 14.8. The molecule has 0 fully saturated rings. The monoisotopic (exact) mass is 278 g/mol. The Morgan fingerprint density at radius 2 is 1.90 bits per heavy atom. The summed E-state index contributed by atoms with van der Waals surface area (Å²) < 4.78 is 5.11. The molecule has 0 aromatic heterocycles. The number of nitrogens with two attached hydrogens (primary N) is 1. The molecule has 0 bridgehead atoms. The summed E-state index contributed by atoms with van der Waals surface area (Å²) in [4.78, 5) is 12.0. The molecule has 0 radical (unpaired) electrons. The number of unbranched alkanes of at least 4 members (excludes halogenated alkanes) is 5. The molecule has 1 aromatic rings. The van der Waals surface area contributed by atoms with Crippen molar-refractivity contribution < 1.29 is 9.53 Å². The Morgan fingerprint density at radius 1 is 1.20 bits per heavy atom. The van der Waals surface area contributed by atoms with Crippen LogP contribution in [0.1, 0.15) is 55.8 Å². The highest BCUT2D eigenvalue weighted by atomic mass is 16.5. The lowest BCUT2D eigenvalue weighted by Gasteiger charge is -2.08. The zero-order valence-electron chi connectivity index (χ0n) is 12.6. The Morgan fingerprint density at radius 3 is 2.60 bits per heavy atom. The molecule has 0 aliphatic rings.